The second-order valence-electron chi connectivity index (χ2n) is 5.88. The summed E-state index contributed by atoms with van der Waals surface area (Å²) >= 11 is 0. The number of carbonyl (C=O) groups is 2. The Morgan fingerprint density at radius 1 is 1.04 bits per heavy atom. The highest BCUT2D eigenvalue weighted by Crippen LogP contribution is 2.12. The average molecular weight is 357 g/mol. The molecule has 0 bridgehead atoms. The van der Waals surface area contributed by atoms with Crippen molar-refractivity contribution in [2.75, 3.05) is 31.6 Å². The summed E-state index contributed by atoms with van der Waals surface area (Å²) in [7, 11) is 0. The molecule has 7 heteroatoms. The van der Waals surface area contributed by atoms with Gasteiger partial charge in [0.25, 0.3) is 5.91 Å². The average Bonchev–Trinajstić information content (AvgIpc) is 2.68. The number of hydrogen-bond acceptors (Lipinski definition) is 3. The number of rotatable bonds is 4. The van der Waals surface area contributed by atoms with Crippen LogP contribution in [0.25, 0.3) is 0 Å². The van der Waals surface area contributed by atoms with E-state index in [0.29, 0.717) is 43.1 Å². The second-order valence-corrected chi connectivity index (χ2v) is 5.88. The Balaban J connectivity index is 1.54. The van der Waals surface area contributed by atoms with Gasteiger partial charge in [-0.1, -0.05) is 18.2 Å². The van der Waals surface area contributed by atoms with Crippen molar-refractivity contribution in [2.24, 2.45) is 0 Å². The van der Waals surface area contributed by atoms with Crippen molar-refractivity contribution in [1.29, 1.82) is 0 Å². The van der Waals surface area contributed by atoms with E-state index in [1.54, 1.807) is 47.4 Å². The van der Waals surface area contributed by atoms with Gasteiger partial charge in [0.15, 0.2) is 0 Å². The predicted molar refractivity (Wildman–Crippen MR) is 95.4 cm³/mol. The first-order valence-electron chi connectivity index (χ1n) is 8.39. The van der Waals surface area contributed by atoms with Crippen LogP contribution in [-0.4, -0.2) is 43.1 Å². The third-order valence-electron chi connectivity index (χ3n) is 4.09. The number of hydrogen-bond donors (Lipinski definition) is 2. The Bertz CT molecular complexity index is 774. The monoisotopic (exact) mass is 357 g/mol. The zero-order chi connectivity index (χ0) is 18.4. The van der Waals surface area contributed by atoms with Crippen LogP contribution in [0.3, 0.4) is 0 Å². The Morgan fingerprint density at radius 2 is 1.73 bits per heavy atom. The zero-order valence-corrected chi connectivity index (χ0v) is 14.2. The smallest absolute Gasteiger partial charge is 0.321 e. The Labute approximate surface area is 150 Å². The van der Waals surface area contributed by atoms with Gasteiger partial charge in [0.05, 0.1) is 13.2 Å². The van der Waals surface area contributed by atoms with E-state index in [-0.39, 0.29) is 24.3 Å². The number of urea groups is 1. The molecule has 2 aromatic rings. The molecule has 136 valence electrons. The number of carbonyl (C=O) groups excluding carboxylic acids is 2. The summed E-state index contributed by atoms with van der Waals surface area (Å²) in [6.07, 6.45) is 0. The van der Waals surface area contributed by atoms with Crippen LogP contribution in [0.1, 0.15) is 15.9 Å². The molecule has 3 amide bonds. The summed E-state index contributed by atoms with van der Waals surface area (Å²) in [5.41, 5.74) is 1.47. The lowest BCUT2D eigenvalue weighted by Crippen LogP contribution is -2.43. The number of nitrogens with zero attached hydrogens (tertiary/aromatic N) is 1. The standard InChI is InChI=1S/C19H20FN3O3/c20-17-4-2-1-3-15(17)13-21-18(24)14-5-7-16(8-6-14)22-19(25)23-9-11-26-12-10-23/h1-8H,9-13H2,(H,21,24)(H,22,25). The molecular weight excluding hydrogens is 337 g/mol. The molecule has 1 aliphatic heterocycles. The van der Waals surface area contributed by atoms with Crippen molar-refractivity contribution >= 4 is 17.6 Å². The summed E-state index contributed by atoms with van der Waals surface area (Å²) in [6.45, 7) is 2.30. The molecule has 0 aliphatic carbocycles. The van der Waals surface area contributed by atoms with Crippen molar-refractivity contribution in [2.45, 2.75) is 6.54 Å². The maximum atomic E-state index is 13.6. The molecule has 1 aliphatic rings. The summed E-state index contributed by atoms with van der Waals surface area (Å²) in [5.74, 6) is -0.659. The van der Waals surface area contributed by atoms with Crippen LogP contribution in [0.4, 0.5) is 14.9 Å². The minimum Gasteiger partial charge on any atom is -0.378 e. The number of nitrogens with one attached hydrogen (secondary N) is 2. The third-order valence-corrected chi connectivity index (χ3v) is 4.09. The number of morpholine rings is 1. The van der Waals surface area contributed by atoms with Crippen molar-refractivity contribution in [3.05, 3.63) is 65.5 Å². The third kappa shape index (κ3) is 4.58. The quantitative estimate of drug-likeness (QED) is 0.884. The number of anilines is 1. The first-order valence-corrected chi connectivity index (χ1v) is 8.39. The van der Waals surface area contributed by atoms with Gasteiger partial charge < -0.3 is 20.3 Å². The topological polar surface area (TPSA) is 70.7 Å². The van der Waals surface area contributed by atoms with Crippen LogP contribution in [0.2, 0.25) is 0 Å². The molecular formula is C19H20FN3O3. The van der Waals surface area contributed by atoms with Crippen LogP contribution in [0.5, 0.6) is 0 Å². The van der Waals surface area contributed by atoms with Crippen LogP contribution in [0, 0.1) is 5.82 Å². The first-order chi connectivity index (χ1) is 12.6. The molecule has 0 aromatic heterocycles. The SMILES string of the molecule is O=C(NCc1ccccc1F)c1ccc(NC(=O)N2CCOCC2)cc1. The van der Waals surface area contributed by atoms with Crippen LogP contribution < -0.4 is 10.6 Å². The molecule has 0 unspecified atom stereocenters. The number of halogens is 1. The van der Waals surface area contributed by atoms with Crippen LogP contribution >= 0.6 is 0 Å². The van der Waals surface area contributed by atoms with Crippen molar-refractivity contribution < 1.29 is 18.7 Å². The Morgan fingerprint density at radius 3 is 2.42 bits per heavy atom. The van der Waals surface area contributed by atoms with E-state index < -0.39 is 0 Å². The fourth-order valence-electron chi connectivity index (χ4n) is 2.59. The fourth-order valence-corrected chi connectivity index (χ4v) is 2.59. The van der Waals surface area contributed by atoms with Gasteiger partial charge in [-0.15, -0.1) is 0 Å². The van der Waals surface area contributed by atoms with E-state index in [4.69, 9.17) is 4.74 Å². The molecule has 6 nitrogen and oxygen atoms in total. The second kappa shape index (κ2) is 8.44. The van der Waals surface area contributed by atoms with Crippen LogP contribution in [-0.2, 0) is 11.3 Å². The van der Waals surface area contributed by atoms with Gasteiger partial charge in [-0.3, -0.25) is 4.79 Å². The highest BCUT2D eigenvalue weighted by molar-refractivity contribution is 5.95. The van der Waals surface area contributed by atoms with E-state index >= 15 is 0 Å². The molecule has 0 atom stereocenters. The molecule has 1 heterocycles. The highest BCUT2D eigenvalue weighted by Gasteiger charge is 2.16. The zero-order valence-electron chi connectivity index (χ0n) is 14.2. The lowest BCUT2D eigenvalue weighted by atomic mass is 10.1. The van der Waals surface area contributed by atoms with Gasteiger partial charge in [0, 0.05) is 36.4 Å². The number of ether oxygens (including phenoxy) is 1. The molecule has 26 heavy (non-hydrogen) atoms. The molecule has 0 radical (unpaired) electrons. The van der Waals surface area contributed by atoms with E-state index in [0.717, 1.165) is 0 Å². The molecule has 1 saturated heterocycles. The fraction of sp³-hybridized carbons (Fsp3) is 0.263. The maximum absolute atomic E-state index is 13.6. The lowest BCUT2D eigenvalue weighted by Gasteiger charge is -2.26. The van der Waals surface area contributed by atoms with Crippen molar-refractivity contribution in [3.63, 3.8) is 0 Å². The largest absolute Gasteiger partial charge is 0.378 e. The molecule has 2 N–H and O–H groups in total. The summed E-state index contributed by atoms with van der Waals surface area (Å²) < 4.78 is 18.8. The van der Waals surface area contributed by atoms with Crippen LogP contribution in [0.15, 0.2) is 48.5 Å². The molecule has 3 rings (SSSR count). The number of benzene rings is 2. The minimum atomic E-state index is -0.353. The molecule has 0 spiro atoms. The maximum Gasteiger partial charge on any atom is 0.321 e. The van der Waals surface area contributed by atoms with Gasteiger partial charge in [0.2, 0.25) is 0 Å². The van der Waals surface area contributed by atoms with Gasteiger partial charge in [0.1, 0.15) is 5.82 Å². The molecule has 0 saturated carbocycles. The number of amides is 3. The first kappa shape index (κ1) is 17.9. The molecule has 1 fully saturated rings. The van der Waals surface area contributed by atoms with E-state index in [9.17, 15) is 14.0 Å². The van der Waals surface area contributed by atoms with E-state index in [1.165, 1.54) is 6.07 Å². The van der Waals surface area contributed by atoms with Crippen molar-refractivity contribution in [3.8, 4) is 0 Å². The molecule has 2 aromatic carbocycles. The Kier molecular flexibility index (Phi) is 5.80. The predicted octanol–water partition coefficient (Wildman–Crippen LogP) is 2.62. The normalized spacial score (nSPS) is 14.0. The van der Waals surface area contributed by atoms with E-state index in [2.05, 4.69) is 10.6 Å². The van der Waals surface area contributed by atoms with Crippen molar-refractivity contribution in [1.82, 2.24) is 10.2 Å². The summed E-state index contributed by atoms with van der Waals surface area (Å²) in [6, 6.07) is 12.7. The Hall–Kier alpha value is -2.93. The minimum absolute atomic E-state index is 0.112. The van der Waals surface area contributed by atoms with Gasteiger partial charge in [-0.25, -0.2) is 9.18 Å². The summed E-state index contributed by atoms with van der Waals surface area (Å²) in [4.78, 5) is 26.0. The van der Waals surface area contributed by atoms with E-state index in [1.807, 2.05) is 0 Å². The van der Waals surface area contributed by atoms with Gasteiger partial charge >= 0.3 is 6.03 Å². The highest BCUT2D eigenvalue weighted by atomic mass is 19.1. The summed E-state index contributed by atoms with van der Waals surface area (Å²) in [5, 5.41) is 5.47. The van der Waals surface area contributed by atoms with Gasteiger partial charge in [-0.2, -0.15) is 0 Å². The van der Waals surface area contributed by atoms with Gasteiger partial charge in [-0.05, 0) is 30.3 Å². The lowest BCUT2D eigenvalue weighted by molar-refractivity contribution is 0.0564.